The van der Waals surface area contributed by atoms with Crippen LogP contribution in [0.5, 0.6) is 0 Å². The highest BCUT2D eigenvalue weighted by molar-refractivity contribution is 7.25. The number of benzene rings is 1. The second kappa shape index (κ2) is 2.83. The van der Waals surface area contributed by atoms with E-state index in [4.69, 9.17) is 0 Å². The predicted octanol–water partition coefficient (Wildman–Crippen LogP) is 3.93. The van der Waals surface area contributed by atoms with Gasteiger partial charge in [0.15, 0.2) is 0 Å². The number of aromatic nitrogens is 2. The molecule has 0 bridgehead atoms. The molecule has 0 saturated heterocycles. The molecule has 4 aromatic rings. The summed E-state index contributed by atoms with van der Waals surface area (Å²) in [6, 6.07) is 10.5. The molecule has 0 spiro atoms. The third-order valence-corrected chi connectivity index (χ3v) is 4.02. The number of hydrogen-bond acceptors (Lipinski definition) is 2. The Morgan fingerprint density at radius 2 is 2.00 bits per heavy atom. The summed E-state index contributed by atoms with van der Waals surface area (Å²) >= 11 is 1.79. The summed E-state index contributed by atoms with van der Waals surface area (Å²) in [5.41, 5.74) is 1.20. The lowest BCUT2D eigenvalue weighted by Crippen LogP contribution is -1.69. The minimum absolute atomic E-state index is 1.20. The lowest BCUT2D eigenvalue weighted by atomic mass is 10.1. The van der Waals surface area contributed by atoms with Crippen LogP contribution >= 0.6 is 11.3 Å². The first kappa shape index (κ1) is 8.30. The van der Waals surface area contributed by atoms with Gasteiger partial charge in [-0.05, 0) is 12.1 Å². The van der Waals surface area contributed by atoms with Crippen LogP contribution in [0.3, 0.4) is 0 Å². The van der Waals surface area contributed by atoms with Gasteiger partial charge in [-0.3, -0.25) is 4.98 Å². The zero-order valence-corrected chi connectivity index (χ0v) is 9.21. The molecule has 3 heterocycles. The van der Waals surface area contributed by atoms with Gasteiger partial charge in [-0.15, -0.1) is 11.3 Å². The average Bonchev–Trinajstić information content (AvgIpc) is 2.83. The Morgan fingerprint density at radius 3 is 3.00 bits per heavy atom. The lowest BCUT2D eigenvalue weighted by Gasteiger charge is -1.90. The van der Waals surface area contributed by atoms with Crippen molar-refractivity contribution < 1.29 is 0 Å². The van der Waals surface area contributed by atoms with E-state index in [1.54, 1.807) is 11.3 Å². The van der Waals surface area contributed by atoms with E-state index >= 15 is 0 Å². The molecule has 2 nitrogen and oxygen atoms in total. The van der Waals surface area contributed by atoms with Crippen molar-refractivity contribution in [1.29, 1.82) is 0 Å². The van der Waals surface area contributed by atoms with Crippen molar-refractivity contribution in [3.05, 3.63) is 42.7 Å². The summed E-state index contributed by atoms with van der Waals surface area (Å²) in [7, 11) is 0. The molecule has 1 N–H and O–H groups in total. The van der Waals surface area contributed by atoms with Crippen molar-refractivity contribution in [3.8, 4) is 0 Å². The zero-order valence-electron chi connectivity index (χ0n) is 8.40. The number of hydrogen-bond donors (Lipinski definition) is 1. The number of fused-ring (bicyclic) bond motifs is 5. The maximum atomic E-state index is 4.21. The second-order valence-electron chi connectivity index (χ2n) is 3.85. The van der Waals surface area contributed by atoms with Gasteiger partial charge in [0, 0.05) is 38.8 Å². The molecular formula is C13H8N2S. The Hall–Kier alpha value is -1.87. The number of para-hydroxylation sites is 1. The first-order valence-corrected chi connectivity index (χ1v) is 5.98. The van der Waals surface area contributed by atoms with Gasteiger partial charge < -0.3 is 4.98 Å². The molecule has 0 amide bonds. The molecule has 4 rings (SSSR count). The Kier molecular flexibility index (Phi) is 1.47. The molecule has 0 aliphatic carbocycles. The van der Waals surface area contributed by atoms with Crippen LogP contribution in [-0.4, -0.2) is 9.97 Å². The van der Waals surface area contributed by atoms with Crippen LogP contribution in [0.15, 0.2) is 42.7 Å². The fraction of sp³-hybridized carbons (Fsp3) is 0. The van der Waals surface area contributed by atoms with Gasteiger partial charge in [0.1, 0.15) is 4.83 Å². The third-order valence-electron chi connectivity index (χ3n) is 2.93. The molecule has 1 aromatic carbocycles. The number of pyridine rings is 1. The molecule has 16 heavy (non-hydrogen) atoms. The standard InChI is InChI=1S/C13H8N2S/c1-2-4-10-8(3-1)12-9-7-14-6-5-11(9)16-13(12)15-10/h1-7,15H. The quantitative estimate of drug-likeness (QED) is 0.481. The summed E-state index contributed by atoms with van der Waals surface area (Å²) in [6.07, 6.45) is 3.80. The van der Waals surface area contributed by atoms with E-state index in [1.807, 2.05) is 12.4 Å². The zero-order chi connectivity index (χ0) is 10.5. The van der Waals surface area contributed by atoms with Crippen LogP contribution in [0.1, 0.15) is 0 Å². The molecule has 3 aromatic heterocycles. The van der Waals surface area contributed by atoms with Gasteiger partial charge in [0.05, 0.1) is 0 Å². The predicted molar refractivity (Wildman–Crippen MR) is 69.0 cm³/mol. The highest BCUT2D eigenvalue weighted by Gasteiger charge is 2.10. The molecule has 0 atom stereocenters. The minimum Gasteiger partial charge on any atom is -0.346 e. The van der Waals surface area contributed by atoms with E-state index < -0.39 is 0 Å². The van der Waals surface area contributed by atoms with Gasteiger partial charge in [0.25, 0.3) is 0 Å². The van der Waals surface area contributed by atoms with Crippen molar-refractivity contribution in [2.75, 3.05) is 0 Å². The summed E-state index contributed by atoms with van der Waals surface area (Å²) < 4.78 is 1.29. The van der Waals surface area contributed by atoms with Crippen molar-refractivity contribution in [3.63, 3.8) is 0 Å². The van der Waals surface area contributed by atoms with Crippen molar-refractivity contribution >= 4 is 42.5 Å². The average molecular weight is 224 g/mol. The maximum Gasteiger partial charge on any atom is 0.102 e. The smallest absolute Gasteiger partial charge is 0.102 e. The van der Waals surface area contributed by atoms with E-state index in [2.05, 4.69) is 40.3 Å². The van der Waals surface area contributed by atoms with Crippen LogP contribution in [0.25, 0.3) is 31.2 Å². The number of nitrogens with zero attached hydrogens (tertiary/aromatic N) is 1. The normalized spacial score (nSPS) is 11.8. The fourth-order valence-electron chi connectivity index (χ4n) is 2.23. The molecule has 0 aliphatic rings. The first-order chi connectivity index (χ1) is 7.93. The molecule has 3 heteroatoms. The lowest BCUT2D eigenvalue weighted by molar-refractivity contribution is 1.37. The highest BCUT2D eigenvalue weighted by atomic mass is 32.1. The van der Waals surface area contributed by atoms with Gasteiger partial charge >= 0.3 is 0 Å². The largest absolute Gasteiger partial charge is 0.346 e. The van der Waals surface area contributed by atoms with E-state index in [-0.39, 0.29) is 0 Å². The maximum absolute atomic E-state index is 4.21. The summed E-state index contributed by atoms with van der Waals surface area (Å²) in [5, 5.41) is 3.85. The van der Waals surface area contributed by atoms with E-state index in [0.29, 0.717) is 0 Å². The Bertz CT molecular complexity index is 745. The van der Waals surface area contributed by atoms with Gasteiger partial charge in [-0.25, -0.2) is 0 Å². The number of aromatic amines is 1. The number of rotatable bonds is 0. The topological polar surface area (TPSA) is 28.7 Å². The Balaban J connectivity index is 2.38. The first-order valence-electron chi connectivity index (χ1n) is 5.16. The third kappa shape index (κ3) is 0.933. The van der Waals surface area contributed by atoms with Gasteiger partial charge in [-0.2, -0.15) is 0 Å². The van der Waals surface area contributed by atoms with Crippen molar-refractivity contribution in [2.45, 2.75) is 0 Å². The van der Waals surface area contributed by atoms with Crippen molar-refractivity contribution in [1.82, 2.24) is 9.97 Å². The second-order valence-corrected chi connectivity index (χ2v) is 4.90. The Morgan fingerprint density at radius 1 is 1.06 bits per heavy atom. The SMILES string of the molecule is c1ccc2c(c1)[nH]c1sc3ccncc3c12. The van der Waals surface area contributed by atoms with Crippen LogP contribution < -0.4 is 0 Å². The molecule has 76 valence electrons. The summed E-state index contributed by atoms with van der Waals surface area (Å²) in [4.78, 5) is 8.91. The van der Waals surface area contributed by atoms with Crippen LogP contribution in [0, 0.1) is 0 Å². The van der Waals surface area contributed by atoms with E-state index in [1.165, 1.54) is 31.2 Å². The molecule has 0 unspecified atom stereocenters. The molecule has 0 saturated carbocycles. The highest BCUT2D eigenvalue weighted by Crippen LogP contribution is 2.37. The van der Waals surface area contributed by atoms with Crippen LogP contribution in [-0.2, 0) is 0 Å². The summed E-state index contributed by atoms with van der Waals surface area (Å²) in [6.45, 7) is 0. The summed E-state index contributed by atoms with van der Waals surface area (Å²) in [5.74, 6) is 0. The fourth-order valence-corrected chi connectivity index (χ4v) is 3.33. The Labute approximate surface area is 95.5 Å². The molecule has 0 aliphatic heterocycles. The molecular weight excluding hydrogens is 216 g/mol. The monoisotopic (exact) mass is 224 g/mol. The van der Waals surface area contributed by atoms with Gasteiger partial charge in [0.2, 0.25) is 0 Å². The number of nitrogens with one attached hydrogen (secondary N) is 1. The number of thiophene rings is 1. The minimum atomic E-state index is 1.20. The number of H-pyrrole nitrogens is 1. The van der Waals surface area contributed by atoms with E-state index in [0.717, 1.165) is 0 Å². The van der Waals surface area contributed by atoms with E-state index in [9.17, 15) is 0 Å². The van der Waals surface area contributed by atoms with Crippen LogP contribution in [0.4, 0.5) is 0 Å². The van der Waals surface area contributed by atoms with Crippen molar-refractivity contribution in [2.24, 2.45) is 0 Å². The molecule has 0 fully saturated rings. The molecule has 0 radical (unpaired) electrons. The van der Waals surface area contributed by atoms with Gasteiger partial charge in [-0.1, -0.05) is 18.2 Å². The van der Waals surface area contributed by atoms with Crippen LogP contribution in [0.2, 0.25) is 0 Å².